The first-order valence-electron chi connectivity index (χ1n) is 11.0. The number of rotatable bonds is 7. The topological polar surface area (TPSA) is 91.7 Å². The van der Waals surface area contributed by atoms with Crippen LogP contribution in [-0.2, 0) is 14.3 Å². The molecule has 2 aliphatic carbocycles. The van der Waals surface area contributed by atoms with Crippen LogP contribution in [0.4, 0.5) is 4.39 Å². The Bertz CT molecular complexity index is 899. The predicted molar refractivity (Wildman–Crippen MR) is 114 cm³/mol. The van der Waals surface area contributed by atoms with E-state index in [0.717, 1.165) is 44.6 Å². The smallest absolute Gasteiger partial charge is 0.258 e. The molecule has 0 aromatic heterocycles. The number of benzene rings is 1. The Kier molecular flexibility index (Phi) is 6.87. The van der Waals surface area contributed by atoms with Gasteiger partial charge in [-0.1, -0.05) is 11.6 Å². The van der Waals surface area contributed by atoms with E-state index >= 15 is 0 Å². The monoisotopic (exact) mass is 463 g/mol. The number of piperidine rings is 1. The molecule has 0 atom stereocenters. The van der Waals surface area contributed by atoms with Crippen LogP contribution in [0.25, 0.3) is 0 Å². The summed E-state index contributed by atoms with van der Waals surface area (Å²) in [7, 11) is 0. The van der Waals surface area contributed by atoms with Crippen molar-refractivity contribution < 1.29 is 23.5 Å². The Morgan fingerprint density at radius 3 is 2.62 bits per heavy atom. The Balaban J connectivity index is 1.11. The van der Waals surface area contributed by atoms with Gasteiger partial charge in [-0.15, -0.1) is 0 Å². The van der Waals surface area contributed by atoms with Crippen LogP contribution in [0.1, 0.15) is 38.5 Å². The van der Waals surface area contributed by atoms with Crippen molar-refractivity contribution in [2.75, 3.05) is 26.3 Å². The van der Waals surface area contributed by atoms with Crippen molar-refractivity contribution in [2.45, 2.75) is 50.7 Å². The summed E-state index contributed by atoms with van der Waals surface area (Å²) in [5.41, 5.74) is 0.184. The lowest BCUT2D eigenvalue weighted by Gasteiger charge is -2.52. The molecular weight excluding hydrogens is 437 g/mol. The molecule has 1 spiro atoms. The molecule has 172 valence electrons. The third-order valence-electron chi connectivity index (χ3n) is 6.88. The second-order valence-corrected chi connectivity index (χ2v) is 9.56. The van der Waals surface area contributed by atoms with Gasteiger partial charge in [-0.2, -0.15) is 5.26 Å². The number of carbonyl (C=O) groups is 2. The lowest BCUT2D eigenvalue weighted by Crippen LogP contribution is -2.56. The van der Waals surface area contributed by atoms with Gasteiger partial charge in [0.2, 0.25) is 5.91 Å². The molecule has 0 radical (unpaired) electrons. The number of nitrogens with one attached hydrogen (secondary N) is 1. The van der Waals surface area contributed by atoms with Crippen LogP contribution in [0.5, 0.6) is 5.75 Å². The predicted octanol–water partition coefficient (Wildman–Crippen LogP) is 3.06. The highest BCUT2D eigenvalue weighted by atomic mass is 35.5. The summed E-state index contributed by atoms with van der Waals surface area (Å²) >= 11 is 5.63. The van der Waals surface area contributed by atoms with Crippen molar-refractivity contribution in [3.8, 4) is 11.8 Å². The molecule has 3 fully saturated rings. The summed E-state index contributed by atoms with van der Waals surface area (Å²) in [6, 6.07) is 6.38. The average Bonchev–Trinajstić information content (AvgIpc) is 2.73. The molecule has 1 heterocycles. The minimum absolute atomic E-state index is 0.00828. The maximum Gasteiger partial charge on any atom is 0.258 e. The van der Waals surface area contributed by atoms with Crippen molar-refractivity contribution in [2.24, 2.45) is 11.3 Å². The number of hydrogen-bond acceptors (Lipinski definition) is 5. The van der Waals surface area contributed by atoms with Crippen molar-refractivity contribution in [1.29, 1.82) is 5.26 Å². The molecule has 9 heteroatoms. The quantitative estimate of drug-likeness (QED) is 0.671. The summed E-state index contributed by atoms with van der Waals surface area (Å²) in [6.07, 6.45) is 5.12. The van der Waals surface area contributed by atoms with Crippen LogP contribution < -0.4 is 10.1 Å². The van der Waals surface area contributed by atoms with Crippen molar-refractivity contribution >= 4 is 23.4 Å². The molecule has 1 saturated heterocycles. The molecule has 7 nitrogen and oxygen atoms in total. The third-order valence-corrected chi connectivity index (χ3v) is 7.19. The molecule has 0 bridgehead atoms. The second-order valence-electron chi connectivity index (χ2n) is 9.15. The molecule has 1 aromatic carbocycles. The molecule has 32 heavy (non-hydrogen) atoms. The number of likely N-dealkylation sites (tertiary alicyclic amines) is 1. The number of nitrogens with zero attached hydrogens (tertiary/aromatic N) is 2. The fraction of sp³-hybridized carbons (Fsp3) is 0.609. The van der Waals surface area contributed by atoms with E-state index in [-0.39, 0.29) is 59.3 Å². The van der Waals surface area contributed by atoms with Gasteiger partial charge in [-0.25, -0.2) is 4.39 Å². The minimum Gasteiger partial charge on any atom is -0.484 e. The lowest BCUT2D eigenvalue weighted by atomic mass is 9.60. The lowest BCUT2D eigenvalue weighted by molar-refractivity contribution is -0.144. The highest BCUT2D eigenvalue weighted by Gasteiger charge is 2.46. The van der Waals surface area contributed by atoms with Gasteiger partial charge in [0, 0.05) is 25.2 Å². The van der Waals surface area contributed by atoms with Gasteiger partial charge in [0.15, 0.2) is 6.61 Å². The second kappa shape index (κ2) is 9.63. The van der Waals surface area contributed by atoms with Gasteiger partial charge in [-0.3, -0.25) is 9.59 Å². The van der Waals surface area contributed by atoms with Crippen LogP contribution in [0.2, 0.25) is 5.02 Å². The fourth-order valence-electron chi connectivity index (χ4n) is 4.80. The number of carbonyl (C=O) groups excluding carboxylic acids is 2. The SMILES string of the molecule is N#CC1CC(OCC(=O)N2CCC3(CC2)CC(NC(=O)COc2ccc(Cl)c(F)c2)C3)C1. The molecular formula is C23H27ClFN3O4. The van der Waals surface area contributed by atoms with E-state index in [0.29, 0.717) is 13.1 Å². The molecule has 3 aliphatic rings. The highest BCUT2D eigenvalue weighted by molar-refractivity contribution is 6.30. The molecule has 1 aromatic rings. The normalized spacial score (nSPS) is 24.2. The van der Waals surface area contributed by atoms with E-state index in [9.17, 15) is 14.0 Å². The molecule has 2 saturated carbocycles. The van der Waals surface area contributed by atoms with Gasteiger partial charge in [0.05, 0.1) is 23.1 Å². The van der Waals surface area contributed by atoms with E-state index in [1.807, 2.05) is 4.90 Å². The van der Waals surface area contributed by atoms with E-state index in [1.54, 1.807) is 0 Å². The number of amides is 2. The molecule has 4 rings (SSSR count). The van der Waals surface area contributed by atoms with Crippen LogP contribution in [0, 0.1) is 28.5 Å². The summed E-state index contributed by atoms with van der Waals surface area (Å²) < 4.78 is 24.4. The van der Waals surface area contributed by atoms with Crippen molar-refractivity contribution in [3.05, 3.63) is 29.0 Å². The average molecular weight is 464 g/mol. The fourth-order valence-corrected chi connectivity index (χ4v) is 4.92. The Morgan fingerprint density at radius 1 is 1.25 bits per heavy atom. The maximum atomic E-state index is 13.4. The van der Waals surface area contributed by atoms with Gasteiger partial charge in [0.25, 0.3) is 5.91 Å². The maximum absolute atomic E-state index is 13.4. The van der Waals surface area contributed by atoms with E-state index < -0.39 is 5.82 Å². The Hall–Kier alpha value is -2.37. The number of ether oxygens (including phenoxy) is 2. The van der Waals surface area contributed by atoms with Crippen LogP contribution >= 0.6 is 11.6 Å². The first kappa shape index (κ1) is 22.8. The summed E-state index contributed by atoms with van der Waals surface area (Å²) in [5.74, 6) is -0.475. The Morgan fingerprint density at radius 2 is 1.97 bits per heavy atom. The number of halogens is 2. The third kappa shape index (κ3) is 5.33. The van der Waals surface area contributed by atoms with Crippen LogP contribution in [-0.4, -0.2) is 55.2 Å². The summed E-state index contributed by atoms with van der Waals surface area (Å²) in [5, 5.41) is 11.8. The first-order chi connectivity index (χ1) is 15.4. The van der Waals surface area contributed by atoms with Crippen molar-refractivity contribution in [1.82, 2.24) is 10.2 Å². The highest BCUT2D eigenvalue weighted by Crippen LogP contribution is 2.49. The zero-order valence-electron chi connectivity index (χ0n) is 17.8. The molecule has 0 unspecified atom stereocenters. The molecule has 1 N–H and O–H groups in total. The Labute approximate surface area is 191 Å². The van der Waals surface area contributed by atoms with Crippen LogP contribution in [0.3, 0.4) is 0 Å². The van der Waals surface area contributed by atoms with Gasteiger partial charge < -0.3 is 19.7 Å². The number of hydrogen-bond donors (Lipinski definition) is 1. The first-order valence-corrected chi connectivity index (χ1v) is 11.4. The minimum atomic E-state index is -0.586. The van der Waals surface area contributed by atoms with E-state index in [2.05, 4.69) is 11.4 Å². The molecule has 1 aliphatic heterocycles. The van der Waals surface area contributed by atoms with Crippen LogP contribution in [0.15, 0.2) is 18.2 Å². The van der Waals surface area contributed by atoms with Gasteiger partial charge in [0.1, 0.15) is 18.2 Å². The number of nitriles is 1. The summed E-state index contributed by atoms with van der Waals surface area (Å²) in [4.78, 5) is 26.4. The van der Waals surface area contributed by atoms with E-state index in [4.69, 9.17) is 26.3 Å². The zero-order chi connectivity index (χ0) is 22.7. The summed E-state index contributed by atoms with van der Waals surface area (Å²) in [6.45, 7) is 1.33. The van der Waals surface area contributed by atoms with Crippen molar-refractivity contribution in [3.63, 3.8) is 0 Å². The van der Waals surface area contributed by atoms with E-state index in [1.165, 1.54) is 12.1 Å². The zero-order valence-corrected chi connectivity index (χ0v) is 18.6. The standard InChI is InChI=1S/C23H27ClFN3O4/c24-19-2-1-17(9-20(19)25)31-13-21(29)27-16-10-23(11-16)3-5-28(6-4-23)22(30)14-32-18-7-15(8-18)12-26/h1-2,9,15-16,18H,3-8,10-11,13-14H2,(H,27,29). The van der Waals surface area contributed by atoms with Gasteiger partial charge in [-0.05, 0) is 56.1 Å². The van der Waals surface area contributed by atoms with Gasteiger partial charge >= 0.3 is 0 Å². The largest absolute Gasteiger partial charge is 0.484 e. The molecule has 2 amide bonds.